The molecule has 0 amide bonds. The van der Waals surface area contributed by atoms with Gasteiger partial charge in [-0.15, -0.1) is 11.6 Å². The summed E-state index contributed by atoms with van der Waals surface area (Å²) in [5.74, 6) is 1.66. The average Bonchev–Trinajstić information content (AvgIpc) is 2.66. The van der Waals surface area contributed by atoms with Crippen molar-refractivity contribution < 1.29 is 0 Å². The van der Waals surface area contributed by atoms with Crippen LogP contribution in [0.2, 0.25) is 0 Å². The van der Waals surface area contributed by atoms with Crippen molar-refractivity contribution in [3.05, 3.63) is 17.2 Å². The van der Waals surface area contributed by atoms with Gasteiger partial charge in [0.25, 0.3) is 0 Å². The Hall–Kier alpha value is -0.500. The highest BCUT2D eigenvalue weighted by Crippen LogP contribution is 2.13. The Bertz CT molecular complexity index is 281. The highest BCUT2D eigenvalue weighted by molar-refractivity contribution is 6.16. The van der Waals surface area contributed by atoms with E-state index in [2.05, 4.69) is 23.8 Å². The fraction of sp³-hybridized carbons (Fsp3) is 0.750. The summed E-state index contributed by atoms with van der Waals surface area (Å²) < 4.78 is 0. The first kappa shape index (κ1) is 12.6. The van der Waals surface area contributed by atoms with Gasteiger partial charge in [0.1, 0.15) is 5.82 Å². The van der Waals surface area contributed by atoms with Crippen LogP contribution in [0.5, 0.6) is 0 Å². The second-order valence-electron chi connectivity index (χ2n) is 3.95. The van der Waals surface area contributed by atoms with Gasteiger partial charge in [-0.25, -0.2) is 4.98 Å². The fourth-order valence-electron chi connectivity index (χ4n) is 1.63. The number of rotatable bonds is 7. The lowest BCUT2D eigenvalue weighted by Gasteiger charge is -1.96. The van der Waals surface area contributed by atoms with Crippen LogP contribution in [0.25, 0.3) is 0 Å². The summed E-state index contributed by atoms with van der Waals surface area (Å²) in [5, 5.41) is 0. The molecular formula is C12H21ClN2. The third kappa shape index (κ3) is 3.86. The molecule has 1 aromatic heterocycles. The van der Waals surface area contributed by atoms with Crippen LogP contribution in [0.4, 0.5) is 0 Å². The molecule has 1 aromatic rings. The van der Waals surface area contributed by atoms with Crippen molar-refractivity contribution in [2.75, 3.05) is 0 Å². The van der Waals surface area contributed by atoms with E-state index in [1.807, 2.05) is 0 Å². The lowest BCUT2D eigenvalue weighted by Crippen LogP contribution is -1.90. The number of nitrogens with one attached hydrogen (secondary N) is 1. The molecule has 0 atom stereocenters. The number of hydrogen-bond donors (Lipinski definition) is 1. The van der Waals surface area contributed by atoms with E-state index in [0.29, 0.717) is 5.88 Å². The molecule has 2 nitrogen and oxygen atoms in total. The molecule has 0 fully saturated rings. The molecule has 0 aliphatic rings. The van der Waals surface area contributed by atoms with E-state index in [1.54, 1.807) is 0 Å². The van der Waals surface area contributed by atoms with E-state index in [-0.39, 0.29) is 0 Å². The Morgan fingerprint density at radius 3 is 2.40 bits per heavy atom. The molecule has 0 spiro atoms. The van der Waals surface area contributed by atoms with E-state index in [1.165, 1.54) is 31.4 Å². The Morgan fingerprint density at radius 1 is 1.13 bits per heavy atom. The van der Waals surface area contributed by atoms with Gasteiger partial charge in [-0.3, -0.25) is 0 Å². The van der Waals surface area contributed by atoms with Crippen LogP contribution in [0.15, 0.2) is 0 Å². The van der Waals surface area contributed by atoms with Gasteiger partial charge in [0.15, 0.2) is 0 Å². The summed E-state index contributed by atoms with van der Waals surface area (Å²) in [4.78, 5) is 7.95. The summed E-state index contributed by atoms with van der Waals surface area (Å²) in [6, 6.07) is 0. The maximum atomic E-state index is 5.89. The van der Waals surface area contributed by atoms with Crippen molar-refractivity contribution in [2.24, 2.45) is 0 Å². The van der Waals surface area contributed by atoms with Gasteiger partial charge in [-0.2, -0.15) is 0 Å². The summed E-state index contributed by atoms with van der Waals surface area (Å²) in [6.07, 6.45) is 6.91. The normalized spacial score (nSPS) is 10.9. The SMILES string of the molecule is CCCCc1nc(CCCC)c(CCl)[nH]1. The first-order valence-electron chi connectivity index (χ1n) is 5.94. The number of H-pyrrole nitrogens is 1. The van der Waals surface area contributed by atoms with E-state index >= 15 is 0 Å². The third-order valence-electron chi connectivity index (χ3n) is 2.58. The van der Waals surface area contributed by atoms with Gasteiger partial charge in [-0.05, 0) is 19.3 Å². The maximum Gasteiger partial charge on any atom is 0.106 e. The second-order valence-corrected chi connectivity index (χ2v) is 4.22. The first-order chi connectivity index (χ1) is 7.31. The Morgan fingerprint density at radius 2 is 1.80 bits per heavy atom. The summed E-state index contributed by atoms with van der Waals surface area (Å²) in [5.41, 5.74) is 2.30. The van der Waals surface area contributed by atoms with Crippen LogP contribution < -0.4 is 0 Å². The zero-order chi connectivity index (χ0) is 11.1. The molecule has 0 aliphatic heterocycles. The summed E-state index contributed by atoms with van der Waals surface area (Å²) >= 11 is 5.89. The largest absolute Gasteiger partial charge is 0.345 e. The molecule has 86 valence electrons. The number of aryl methyl sites for hydroxylation is 2. The maximum absolute atomic E-state index is 5.89. The minimum absolute atomic E-state index is 0.554. The van der Waals surface area contributed by atoms with E-state index < -0.39 is 0 Å². The Kier molecular flexibility index (Phi) is 5.77. The van der Waals surface area contributed by atoms with Crippen molar-refractivity contribution >= 4 is 11.6 Å². The molecule has 1 heterocycles. The molecule has 0 bridgehead atoms. The molecule has 1 N–H and O–H groups in total. The Balaban J connectivity index is 2.62. The second kappa shape index (κ2) is 6.89. The zero-order valence-electron chi connectivity index (χ0n) is 9.77. The highest BCUT2D eigenvalue weighted by atomic mass is 35.5. The monoisotopic (exact) mass is 228 g/mol. The van der Waals surface area contributed by atoms with E-state index in [4.69, 9.17) is 11.6 Å². The van der Waals surface area contributed by atoms with Crippen LogP contribution in [0, 0.1) is 0 Å². The fourth-order valence-corrected chi connectivity index (χ4v) is 1.85. The number of aromatic amines is 1. The van der Waals surface area contributed by atoms with Crippen LogP contribution in [0.3, 0.4) is 0 Å². The van der Waals surface area contributed by atoms with Crippen molar-refractivity contribution in [1.82, 2.24) is 9.97 Å². The molecule has 0 unspecified atom stereocenters. The molecule has 1 rings (SSSR count). The Labute approximate surface area is 97.4 Å². The molecule has 0 radical (unpaired) electrons. The lowest BCUT2D eigenvalue weighted by molar-refractivity contribution is 0.749. The number of halogens is 1. The van der Waals surface area contributed by atoms with Gasteiger partial charge in [0.2, 0.25) is 0 Å². The number of nitrogens with zero attached hydrogens (tertiary/aromatic N) is 1. The average molecular weight is 229 g/mol. The summed E-state index contributed by atoms with van der Waals surface area (Å²) in [6.45, 7) is 4.40. The van der Waals surface area contributed by atoms with Crippen molar-refractivity contribution in [3.63, 3.8) is 0 Å². The van der Waals surface area contributed by atoms with Crippen LogP contribution >= 0.6 is 11.6 Å². The van der Waals surface area contributed by atoms with Gasteiger partial charge in [0.05, 0.1) is 17.3 Å². The predicted molar refractivity (Wildman–Crippen MR) is 65.4 cm³/mol. The van der Waals surface area contributed by atoms with Gasteiger partial charge >= 0.3 is 0 Å². The molecule has 0 saturated carbocycles. The molecule has 0 aromatic carbocycles. The van der Waals surface area contributed by atoms with Crippen LogP contribution in [-0.4, -0.2) is 9.97 Å². The molecule has 15 heavy (non-hydrogen) atoms. The number of aromatic nitrogens is 2. The van der Waals surface area contributed by atoms with Gasteiger partial charge in [0, 0.05) is 6.42 Å². The van der Waals surface area contributed by atoms with Crippen molar-refractivity contribution in [3.8, 4) is 0 Å². The predicted octanol–water partition coefficient (Wildman–Crippen LogP) is 3.83. The van der Waals surface area contributed by atoms with Crippen LogP contribution in [0.1, 0.15) is 56.7 Å². The molecular weight excluding hydrogens is 208 g/mol. The number of imidazole rings is 1. The number of hydrogen-bond acceptors (Lipinski definition) is 1. The van der Waals surface area contributed by atoms with Crippen molar-refractivity contribution in [2.45, 2.75) is 58.3 Å². The number of unbranched alkanes of at least 4 members (excludes halogenated alkanes) is 2. The van der Waals surface area contributed by atoms with E-state index in [0.717, 1.165) is 24.4 Å². The molecule has 0 aliphatic carbocycles. The standard InChI is InChI=1S/C12H21ClN2/c1-3-5-7-10-11(9-13)15-12(14-10)8-6-4-2/h3-9H2,1-2H3,(H,14,15). The minimum Gasteiger partial charge on any atom is -0.345 e. The zero-order valence-corrected chi connectivity index (χ0v) is 10.5. The van der Waals surface area contributed by atoms with Crippen molar-refractivity contribution in [1.29, 1.82) is 0 Å². The molecule has 3 heteroatoms. The molecule has 0 saturated heterocycles. The quantitative estimate of drug-likeness (QED) is 0.706. The first-order valence-corrected chi connectivity index (χ1v) is 6.47. The number of alkyl halides is 1. The smallest absolute Gasteiger partial charge is 0.106 e. The minimum atomic E-state index is 0.554. The van der Waals surface area contributed by atoms with Gasteiger partial charge < -0.3 is 4.98 Å². The highest BCUT2D eigenvalue weighted by Gasteiger charge is 2.08. The lowest BCUT2D eigenvalue weighted by atomic mass is 10.2. The summed E-state index contributed by atoms with van der Waals surface area (Å²) in [7, 11) is 0. The van der Waals surface area contributed by atoms with Gasteiger partial charge in [-0.1, -0.05) is 26.7 Å². The third-order valence-corrected chi connectivity index (χ3v) is 2.85. The van der Waals surface area contributed by atoms with Crippen LogP contribution in [-0.2, 0) is 18.7 Å². The topological polar surface area (TPSA) is 28.7 Å². The van der Waals surface area contributed by atoms with E-state index in [9.17, 15) is 0 Å².